The van der Waals surface area contributed by atoms with E-state index in [-0.39, 0.29) is 0 Å². The first-order chi connectivity index (χ1) is 13.5. The molecule has 0 saturated carbocycles. The van der Waals surface area contributed by atoms with Gasteiger partial charge in [-0.05, 0) is 66.1 Å². The first kappa shape index (κ1) is 23.9. The van der Waals surface area contributed by atoms with Crippen molar-refractivity contribution >= 4 is 34.2 Å². The second-order valence-electron chi connectivity index (χ2n) is 8.23. The molecular weight excluding hydrogens is 479 g/mol. The minimum atomic E-state index is 0.826. The van der Waals surface area contributed by atoms with Crippen LogP contribution in [0.15, 0.2) is 27.6 Å². The molecule has 4 heteroatoms. The maximum Gasteiger partial charge on any atom is 0.0963 e. The molecule has 2 rings (SSSR count). The van der Waals surface area contributed by atoms with Crippen LogP contribution in [-0.2, 0) is 6.54 Å². The average Bonchev–Trinajstić information content (AvgIpc) is 2.93. The Morgan fingerprint density at radius 3 is 2.11 bits per heavy atom. The van der Waals surface area contributed by atoms with Gasteiger partial charge in [0.1, 0.15) is 0 Å². The number of benzene rings is 1. The van der Waals surface area contributed by atoms with Crippen LogP contribution in [-0.4, -0.2) is 23.0 Å². The molecular formula is C24H38ClIN2. The first-order valence-corrected chi connectivity index (χ1v) is 12.6. The lowest BCUT2D eigenvalue weighted by Gasteiger charge is -2.24. The Balaban J connectivity index is 1.65. The highest BCUT2D eigenvalue weighted by atomic mass is 127. The fourth-order valence-corrected chi connectivity index (χ4v) is 4.86. The molecule has 1 aromatic rings. The molecule has 0 spiro atoms. The van der Waals surface area contributed by atoms with Gasteiger partial charge in [-0.15, -0.1) is 0 Å². The number of aryl methyl sites for hydroxylation is 1. The molecule has 0 radical (unpaired) electrons. The van der Waals surface area contributed by atoms with Crippen molar-refractivity contribution in [2.75, 3.05) is 13.2 Å². The Kier molecular flexibility index (Phi) is 11.1. The highest BCUT2D eigenvalue weighted by molar-refractivity contribution is 14.1. The normalized spacial score (nSPS) is 14.5. The number of rotatable bonds is 13. The Bertz CT molecular complexity index is 629. The summed E-state index contributed by atoms with van der Waals surface area (Å²) in [6.45, 7) is 9.87. The molecule has 0 N–H and O–H groups in total. The molecule has 1 heterocycles. The summed E-state index contributed by atoms with van der Waals surface area (Å²) in [5.41, 5.74) is 4.05. The number of hydrogen-bond donors (Lipinski definition) is 0. The van der Waals surface area contributed by atoms with Crippen molar-refractivity contribution in [2.45, 2.75) is 91.5 Å². The van der Waals surface area contributed by atoms with Gasteiger partial charge < -0.3 is 9.80 Å². The lowest BCUT2D eigenvalue weighted by molar-refractivity contribution is 0.244. The Morgan fingerprint density at radius 2 is 1.50 bits per heavy atom. The molecule has 1 aliphatic rings. The van der Waals surface area contributed by atoms with Crippen LogP contribution in [0.5, 0.6) is 0 Å². The van der Waals surface area contributed by atoms with E-state index in [1.54, 1.807) is 0 Å². The van der Waals surface area contributed by atoms with Crippen LogP contribution in [0.4, 0.5) is 0 Å². The van der Waals surface area contributed by atoms with Gasteiger partial charge in [0.25, 0.3) is 0 Å². The fraction of sp³-hybridized carbons (Fsp3) is 0.667. The number of nitrogens with zero attached hydrogens (tertiary/aromatic N) is 2. The maximum absolute atomic E-state index is 6.11. The minimum Gasteiger partial charge on any atom is -0.351 e. The largest absolute Gasteiger partial charge is 0.351 e. The van der Waals surface area contributed by atoms with Crippen LogP contribution in [0.25, 0.3) is 0 Å². The molecule has 1 aromatic carbocycles. The molecule has 0 amide bonds. The summed E-state index contributed by atoms with van der Waals surface area (Å²) < 4.78 is 1.42. The molecule has 1 aliphatic heterocycles. The van der Waals surface area contributed by atoms with E-state index in [0.29, 0.717) is 0 Å². The van der Waals surface area contributed by atoms with Crippen molar-refractivity contribution in [1.82, 2.24) is 9.80 Å². The van der Waals surface area contributed by atoms with Crippen molar-refractivity contribution in [2.24, 2.45) is 0 Å². The third-order valence-corrected chi connectivity index (χ3v) is 7.54. The van der Waals surface area contributed by atoms with Crippen molar-refractivity contribution < 1.29 is 0 Å². The second-order valence-corrected chi connectivity index (χ2v) is 9.69. The summed E-state index contributed by atoms with van der Waals surface area (Å²) in [5.74, 6) is 0. The topological polar surface area (TPSA) is 6.48 Å². The Morgan fingerprint density at radius 1 is 0.893 bits per heavy atom. The van der Waals surface area contributed by atoms with E-state index in [1.807, 2.05) is 6.07 Å². The molecule has 0 saturated heterocycles. The zero-order valence-corrected chi connectivity index (χ0v) is 21.0. The van der Waals surface area contributed by atoms with E-state index in [1.165, 1.54) is 91.3 Å². The Hall–Kier alpha value is -0.420. The van der Waals surface area contributed by atoms with E-state index in [0.717, 1.165) is 18.2 Å². The number of halogens is 2. The molecule has 28 heavy (non-hydrogen) atoms. The lowest BCUT2D eigenvalue weighted by Crippen LogP contribution is -2.27. The number of hydrogen-bond acceptors (Lipinski definition) is 2. The highest BCUT2D eigenvalue weighted by Crippen LogP contribution is 2.31. The van der Waals surface area contributed by atoms with Gasteiger partial charge in [-0.2, -0.15) is 0 Å². The van der Waals surface area contributed by atoms with Crippen LogP contribution >= 0.6 is 34.2 Å². The fourth-order valence-electron chi connectivity index (χ4n) is 3.90. The van der Waals surface area contributed by atoms with Gasteiger partial charge in [-0.25, -0.2) is 0 Å². The maximum atomic E-state index is 6.11. The first-order valence-electron chi connectivity index (χ1n) is 11.1. The van der Waals surface area contributed by atoms with E-state index in [2.05, 4.69) is 65.3 Å². The third kappa shape index (κ3) is 7.78. The lowest BCUT2D eigenvalue weighted by atomic mass is 10.1. The van der Waals surface area contributed by atoms with Crippen LogP contribution in [0.3, 0.4) is 0 Å². The van der Waals surface area contributed by atoms with E-state index < -0.39 is 0 Å². The Labute approximate surface area is 191 Å². The average molecular weight is 517 g/mol. The van der Waals surface area contributed by atoms with E-state index in [4.69, 9.17) is 11.6 Å². The second kappa shape index (κ2) is 13.0. The predicted octanol–water partition coefficient (Wildman–Crippen LogP) is 8.27. The SMILES string of the molecule is CCCCCCCCCCCCN1CN(Cc2ccc(Cl)cc2C)C(C)=C1I. The summed E-state index contributed by atoms with van der Waals surface area (Å²) in [4.78, 5) is 5.04. The summed E-state index contributed by atoms with van der Waals surface area (Å²) >= 11 is 8.63. The standard InChI is InChI=1S/C24H38ClIN2/c1-4-5-6-7-8-9-10-11-12-13-16-27-19-28(21(3)24(27)26)18-22-14-15-23(25)17-20(22)2/h14-15,17H,4-13,16,18-19H2,1-3H3. The summed E-state index contributed by atoms with van der Waals surface area (Å²) in [5, 5.41) is 0.826. The number of allylic oxidation sites excluding steroid dienone is 1. The van der Waals surface area contributed by atoms with Crippen LogP contribution in [0, 0.1) is 6.92 Å². The molecule has 0 aliphatic carbocycles. The van der Waals surface area contributed by atoms with Gasteiger partial charge in [-0.1, -0.05) is 82.4 Å². The summed E-state index contributed by atoms with van der Waals surface area (Å²) in [6.07, 6.45) is 14.0. The quantitative estimate of drug-likeness (QED) is 0.148. The minimum absolute atomic E-state index is 0.826. The summed E-state index contributed by atoms with van der Waals surface area (Å²) in [7, 11) is 0. The predicted molar refractivity (Wildman–Crippen MR) is 132 cm³/mol. The molecule has 0 fully saturated rings. The van der Waals surface area contributed by atoms with E-state index >= 15 is 0 Å². The van der Waals surface area contributed by atoms with E-state index in [9.17, 15) is 0 Å². The number of unbranched alkanes of at least 4 members (excludes halogenated alkanes) is 9. The molecule has 0 unspecified atom stereocenters. The van der Waals surface area contributed by atoms with Crippen molar-refractivity contribution in [3.05, 3.63) is 43.7 Å². The van der Waals surface area contributed by atoms with Gasteiger partial charge in [-0.3, -0.25) is 0 Å². The molecule has 0 aromatic heterocycles. The zero-order chi connectivity index (χ0) is 20.4. The van der Waals surface area contributed by atoms with Gasteiger partial charge >= 0.3 is 0 Å². The van der Waals surface area contributed by atoms with Crippen LogP contribution < -0.4 is 0 Å². The van der Waals surface area contributed by atoms with Crippen molar-refractivity contribution in [3.8, 4) is 0 Å². The van der Waals surface area contributed by atoms with Gasteiger partial charge in [0.2, 0.25) is 0 Å². The van der Waals surface area contributed by atoms with Crippen molar-refractivity contribution in [1.29, 1.82) is 0 Å². The van der Waals surface area contributed by atoms with Gasteiger partial charge in [0.15, 0.2) is 0 Å². The third-order valence-electron chi connectivity index (χ3n) is 5.84. The van der Waals surface area contributed by atoms with Gasteiger partial charge in [0.05, 0.1) is 10.4 Å². The molecule has 0 atom stereocenters. The smallest absolute Gasteiger partial charge is 0.0963 e. The molecule has 2 nitrogen and oxygen atoms in total. The summed E-state index contributed by atoms with van der Waals surface area (Å²) in [6, 6.07) is 6.24. The van der Waals surface area contributed by atoms with Crippen molar-refractivity contribution in [3.63, 3.8) is 0 Å². The highest BCUT2D eigenvalue weighted by Gasteiger charge is 2.24. The monoisotopic (exact) mass is 516 g/mol. The van der Waals surface area contributed by atoms with Gasteiger partial charge in [0, 0.05) is 23.8 Å². The zero-order valence-electron chi connectivity index (χ0n) is 18.1. The molecule has 0 bridgehead atoms. The van der Waals surface area contributed by atoms with Crippen LogP contribution in [0.1, 0.15) is 89.2 Å². The van der Waals surface area contributed by atoms with Crippen LogP contribution in [0.2, 0.25) is 5.02 Å². The molecule has 158 valence electrons.